The number of fused-ring (bicyclic) bond motifs is 2. The number of urea groups is 1. The quantitative estimate of drug-likeness (QED) is 0.0114. The number of nitrogens with zero attached hydrogens (tertiary/aromatic N) is 2. The van der Waals surface area contributed by atoms with Crippen LogP contribution in [0.5, 0.6) is 5.75 Å². The van der Waals surface area contributed by atoms with Crippen molar-refractivity contribution < 1.29 is 88.9 Å². The summed E-state index contributed by atoms with van der Waals surface area (Å²) in [6, 6.07) is 27.3. The van der Waals surface area contributed by atoms with Crippen molar-refractivity contribution in [2.75, 3.05) is 36.0 Å². The van der Waals surface area contributed by atoms with Crippen molar-refractivity contribution in [1.82, 2.24) is 21.3 Å². The van der Waals surface area contributed by atoms with E-state index in [2.05, 4.69) is 94.9 Å². The predicted molar refractivity (Wildman–Crippen MR) is 382 cm³/mol. The molecule has 0 aromatic heterocycles. The number of allylic oxidation sites excluding steroid dienone is 7. The Bertz CT molecular complexity index is 4070. The molecule has 3 aliphatic rings. The minimum atomic E-state index is -4.15. The number of carbonyl (C=O) groups is 8. The summed E-state index contributed by atoms with van der Waals surface area (Å²) in [4.78, 5) is 104. The Morgan fingerprint density at radius 1 is 0.624 bits per heavy atom. The fourth-order valence-electron chi connectivity index (χ4n) is 13.0. The van der Waals surface area contributed by atoms with E-state index in [1.54, 1.807) is 54.6 Å². The lowest BCUT2D eigenvalue weighted by Crippen LogP contribution is -2.46. The van der Waals surface area contributed by atoms with Crippen molar-refractivity contribution in [3.63, 3.8) is 0 Å². The van der Waals surface area contributed by atoms with Crippen molar-refractivity contribution in [2.24, 2.45) is 5.92 Å². The number of hydrogen-bond acceptors (Lipinski definition) is 14. The van der Waals surface area contributed by atoms with Crippen LogP contribution in [0.2, 0.25) is 0 Å². The van der Waals surface area contributed by atoms with Crippen LogP contribution in [0.1, 0.15) is 160 Å². The molecule has 0 saturated carbocycles. The van der Waals surface area contributed by atoms with Gasteiger partial charge in [0.15, 0.2) is 11.5 Å². The standard InChI is InChI=1S/C75H94N6O18S2/c1-50(47-64(83)60(48-51-21-7-6-8-22-51)77-67(84)30-14-9-25-55(82)36-39-59(71(88)89)79-73(92)76-42-20-31-68(85)86)70(87)78-61(72(90)91)49-52-32-37-56(38-33-52)99-69-53(34-40-65-74(2,3)57-26-10-12-28-62(57)80(65)43-15-17-45-100(93,94)95)23-19-24-54(69)35-41-66-75(4,5)58-27-11-13-29-63(58)81(66)44-16-18-46-101(96,97)98/h6-8,10-13,21-22,26-29,32-35,37-38,40-41,50,59-61H,9,14-20,23-25,30-31,36,39,42-49H2,1-5H3,(H8-,76,77,78,79,84,85,86,87,88,89,90,91,92,93,94,95,96,97,98)/p+1/t50-,59+,60+,61+/m1/s1. The molecule has 544 valence electrons. The molecule has 4 aromatic carbocycles. The molecule has 24 nitrogen and oxygen atoms in total. The lowest BCUT2D eigenvalue weighted by Gasteiger charge is -2.27. The number of ether oxygens (including phenoxy) is 1. The average Bonchev–Trinajstić information content (AvgIpc) is 1.60. The lowest BCUT2D eigenvalue weighted by atomic mass is 9.81. The number of carboxylic acids is 3. The van der Waals surface area contributed by atoms with Gasteiger partial charge in [-0.25, -0.2) is 14.4 Å². The molecular formula is C75H95N6O18S2+. The number of para-hydroxylation sites is 2. The number of carbonyl (C=O) groups excluding carboxylic acids is 5. The van der Waals surface area contributed by atoms with E-state index in [1.165, 1.54) is 6.92 Å². The van der Waals surface area contributed by atoms with E-state index in [0.717, 1.165) is 57.0 Å². The molecule has 0 fully saturated rings. The van der Waals surface area contributed by atoms with E-state index in [-0.39, 0.29) is 107 Å². The fraction of sp³-hybridized carbons (Fsp3) is 0.453. The van der Waals surface area contributed by atoms with Gasteiger partial charge in [-0.15, -0.1) is 0 Å². The zero-order valence-electron chi connectivity index (χ0n) is 58.0. The van der Waals surface area contributed by atoms with Crippen LogP contribution < -0.4 is 30.9 Å². The Hall–Kier alpha value is -9.11. The maximum atomic E-state index is 14.0. The van der Waals surface area contributed by atoms with Gasteiger partial charge in [0.25, 0.3) is 20.2 Å². The Morgan fingerprint density at radius 2 is 1.25 bits per heavy atom. The highest BCUT2D eigenvalue weighted by Crippen LogP contribution is 2.48. The number of nitrogens with one attached hydrogen (secondary N) is 4. The molecule has 101 heavy (non-hydrogen) atoms. The first-order chi connectivity index (χ1) is 47.8. The lowest BCUT2D eigenvalue weighted by molar-refractivity contribution is -0.438. The normalized spacial score (nSPS) is 16.8. The summed E-state index contributed by atoms with van der Waals surface area (Å²) in [5, 5.41) is 38.9. The average molecular weight is 1430 g/mol. The predicted octanol–water partition coefficient (Wildman–Crippen LogP) is 10.0. The van der Waals surface area contributed by atoms with E-state index in [0.29, 0.717) is 55.8 Å². The van der Waals surface area contributed by atoms with Gasteiger partial charge in [-0.3, -0.25) is 33.1 Å². The number of anilines is 1. The van der Waals surface area contributed by atoms with E-state index < -0.39 is 96.6 Å². The van der Waals surface area contributed by atoms with Gasteiger partial charge in [-0.2, -0.15) is 21.4 Å². The Balaban J connectivity index is 1.05. The van der Waals surface area contributed by atoms with E-state index in [9.17, 15) is 74.5 Å². The maximum absolute atomic E-state index is 14.0. The second-order valence-corrected chi connectivity index (χ2v) is 30.2. The van der Waals surface area contributed by atoms with Crippen molar-refractivity contribution in [2.45, 2.75) is 179 Å². The number of benzene rings is 4. The second kappa shape index (κ2) is 36.5. The van der Waals surface area contributed by atoms with Crippen LogP contribution in [0.25, 0.3) is 0 Å². The minimum Gasteiger partial charge on any atom is -0.481 e. The summed E-state index contributed by atoms with van der Waals surface area (Å²) in [6.45, 7) is 11.0. The highest BCUT2D eigenvalue weighted by Gasteiger charge is 2.44. The Morgan fingerprint density at radius 3 is 1.92 bits per heavy atom. The summed E-state index contributed by atoms with van der Waals surface area (Å²) < 4.78 is 74.9. The van der Waals surface area contributed by atoms with Crippen molar-refractivity contribution >= 4 is 84.6 Å². The van der Waals surface area contributed by atoms with Crippen LogP contribution in [0.15, 0.2) is 150 Å². The van der Waals surface area contributed by atoms with Gasteiger partial charge in [-0.1, -0.05) is 106 Å². The van der Waals surface area contributed by atoms with Gasteiger partial charge in [0.1, 0.15) is 35.9 Å². The number of amides is 4. The smallest absolute Gasteiger partial charge is 0.326 e. The Labute approximate surface area is 591 Å². The zero-order chi connectivity index (χ0) is 73.7. The van der Waals surface area contributed by atoms with Crippen molar-refractivity contribution in [1.29, 1.82) is 0 Å². The maximum Gasteiger partial charge on any atom is 0.326 e. The molecule has 26 heteroatoms. The first-order valence-corrected chi connectivity index (χ1v) is 37.5. The molecular weight excluding hydrogens is 1340 g/mol. The van der Waals surface area contributed by atoms with Gasteiger partial charge in [-0.05, 0) is 143 Å². The SMILES string of the molecule is C[C@H](CC(=O)[C@H](Cc1ccccc1)NC(=O)CCCCC(=O)CC[C@H](NC(=O)NCCCC(=O)O)C(=O)O)C(=O)N[C@@H](Cc1ccc(OC2=C(C=CC3=[N+](CCCCS(=O)(=O)O)c4ccccc4C3(C)C)CCCC2=CC=C2N(CCCCS(=O)(=O)O)c3ccccc3C2(C)C)cc1)C(=O)O. The van der Waals surface area contributed by atoms with Crippen LogP contribution in [-0.2, 0) is 77.5 Å². The topological polar surface area (TPSA) is 370 Å². The number of carboxylic acid groups (broad SMARTS) is 3. The third kappa shape index (κ3) is 23.8. The summed E-state index contributed by atoms with van der Waals surface area (Å²) in [5.74, 6) is -6.35. The molecule has 9 N–H and O–H groups in total. The van der Waals surface area contributed by atoms with Crippen molar-refractivity contribution in [3.8, 4) is 5.75 Å². The van der Waals surface area contributed by atoms with Gasteiger partial charge in [0.2, 0.25) is 17.5 Å². The number of unbranched alkanes of at least 4 members (excludes halogenated alkanes) is 3. The van der Waals surface area contributed by atoms with Gasteiger partial charge in [0.05, 0.1) is 23.0 Å². The summed E-state index contributed by atoms with van der Waals surface area (Å²) >= 11 is 0. The van der Waals surface area contributed by atoms with Gasteiger partial charge < -0.3 is 46.2 Å². The molecule has 0 saturated heterocycles. The van der Waals surface area contributed by atoms with Crippen LogP contribution in [-0.4, -0.2) is 148 Å². The summed E-state index contributed by atoms with van der Waals surface area (Å²) in [6.07, 6.45) is 11.5. The van der Waals surface area contributed by atoms with Crippen LogP contribution in [0, 0.1) is 5.92 Å². The molecule has 2 aliphatic heterocycles. The summed E-state index contributed by atoms with van der Waals surface area (Å²) in [5.41, 5.74) is 8.26. The van der Waals surface area contributed by atoms with Crippen molar-refractivity contribution in [3.05, 3.63) is 172 Å². The molecule has 2 heterocycles. The zero-order valence-corrected chi connectivity index (χ0v) is 59.6. The van der Waals surface area contributed by atoms with E-state index in [4.69, 9.17) is 9.84 Å². The highest BCUT2D eigenvalue weighted by molar-refractivity contribution is 7.86. The highest BCUT2D eigenvalue weighted by atomic mass is 32.2. The van der Waals surface area contributed by atoms with Gasteiger partial charge in [0, 0.05) is 98.5 Å². The first-order valence-electron chi connectivity index (χ1n) is 34.3. The monoisotopic (exact) mass is 1430 g/mol. The second-order valence-electron chi connectivity index (χ2n) is 27.0. The number of aliphatic carboxylic acids is 3. The summed E-state index contributed by atoms with van der Waals surface area (Å²) in [7, 11) is -8.30. The number of hydrogen-bond donors (Lipinski definition) is 9. The van der Waals surface area contributed by atoms with Crippen LogP contribution in [0.4, 0.5) is 16.2 Å². The molecule has 7 rings (SSSR count). The molecule has 0 unspecified atom stereocenters. The Kier molecular flexibility index (Phi) is 28.6. The fourth-order valence-corrected chi connectivity index (χ4v) is 14.1. The molecule has 0 radical (unpaired) electrons. The number of Topliss-reactive ketones (excluding diaryl/α,β-unsaturated/α-hetero) is 2. The number of rotatable bonds is 40. The third-order valence-electron chi connectivity index (χ3n) is 18.5. The largest absolute Gasteiger partial charge is 0.481 e. The third-order valence-corrected chi connectivity index (χ3v) is 20.1. The molecule has 4 aromatic rings. The van der Waals surface area contributed by atoms with E-state index >= 15 is 0 Å². The van der Waals surface area contributed by atoms with E-state index in [1.807, 2.05) is 36.4 Å². The van der Waals surface area contributed by atoms with Crippen LogP contribution >= 0.6 is 0 Å². The molecule has 1 aliphatic carbocycles. The minimum absolute atomic E-state index is 0.00980. The molecule has 4 atom stereocenters. The van der Waals surface area contributed by atoms with Crippen LogP contribution in [0.3, 0.4) is 0 Å². The van der Waals surface area contributed by atoms with Gasteiger partial charge >= 0.3 is 23.9 Å². The molecule has 4 amide bonds. The molecule has 0 spiro atoms. The number of ketones is 2. The molecule has 0 bridgehead atoms. The first kappa shape index (κ1) is 79.2.